The number of hydrogen-bond acceptors (Lipinski definition) is 2. The SMILES string of the molecule is O=C(N1CC2CCCNC2C1)C1(c2ccccc2)CC1. The minimum absolute atomic E-state index is 0.186. The Morgan fingerprint density at radius 1 is 1.20 bits per heavy atom. The summed E-state index contributed by atoms with van der Waals surface area (Å²) in [6.07, 6.45) is 4.58. The highest BCUT2D eigenvalue weighted by atomic mass is 16.2. The third-order valence-corrected chi connectivity index (χ3v) is 5.37. The largest absolute Gasteiger partial charge is 0.340 e. The molecule has 1 aliphatic carbocycles. The topological polar surface area (TPSA) is 32.3 Å². The average Bonchev–Trinajstić information content (AvgIpc) is 3.20. The molecule has 1 amide bonds. The number of fused-ring (bicyclic) bond motifs is 1. The number of carbonyl (C=O) groups excluding carboxylic acids is 1. The molecule has 0 radical (unpaired) electrons. The Hall–Kier alpha value is -1.35. The van der Waals surface area contributed by atoms with Gasteiger partial charge in [-0.2, -0.15) is 0 Å². The summed E-state index contributed by atoms with van der Waals surface area (Å²) in [4.78, 5) is 15.1. The fourth-order valence-electron chi connectivity index (χ4n) is 4.02. The van der Waals surface area contributed by atoms with E-state index in [0.717, 1.165) is 32.5 Å². The van der Waals surface area contributed by atoms with E-state index in [4.69, 9.17) is 0 Å². The molecular formula is C17H22N2O. The van der Waals surface area contributed by atoms with Gasteiger partial charge in [0, 0.05) is 19.1 Å². The second-order valence-corrected chi connectivity index (χ2v) is 6.62. The van der Waals surface area contributed by atoms with Crippen molar-refractivity contribution in [3.8, 4) is 0 Å². The second-order valence-electron chi connectivity index (χ2n) is 6.62. The molecule has 4 rings (SSSR count). The third-order valence-electron chi connectivity index (χ3n) is 5.37. The highest BCUT2D eigenvalue weighted by Gasteiger charge is 2.54. The minimum Gasteiger partial charge on any atom is -0.340 e. The van der Waals surface area contributed by atoms with Crippen molar-refractivity contribution < 1.29 is 4.79 Å². The number of hydrogen-bond donors (Lipinski definition) is 1. The fraction of sp³-hybridized carbons (Fsp3) is 0.588. The lowest BCUT2D eigenvalue weighted by Crippen LogP contribution is -2.42. The number of nitrogens with zero attached hydrogens (tertiary/aromatic N) is 1. The number of nitrogens with one attached hydrogen (secondary N) is 1. The molecule has 0 bridgehead atoms. The first-order valence-electron chi connectivity index (χ1n) is 7.88. The molecule has 3 nitrogen and oxygen atoms in total. The first-order valence-corrected chi connectivity index (χ1v) is 7.88. The van der Waals surface area contributed by atoms with Crippen molar-refractivity contribution in [2.75, 3.05) is 19.6 Å². The number of piperidine rings is 1. The van der Waals surface area contributed by atoms with E-state index in [1.54, 1.807) is 0 Å². The Balaban J connectivity index is 1.53. The quantitative estimate of drug-likeness (QED) is 0.890. The van der Waals surface area contributed by atoms with Crippen LogP contribution in [0.2, 0.25) is 0 Å². The minimum atomic E-state index is -0.186. The average molecular weight is 270 g/mol. The third kappa shape index (κ3) is 1.87. The van der Waals surface area contributed by atoms with Crippen LogP contribution in [0.3, 0.4) is 0 Å². The molecule has 1 aromatic rings. The molecule has 1 saturated carbocycles. The standard InChI is InChI=1S/C17H22N2O/c20-16(17(8-9-17)14-6-2-1-3-7-14)19-11-13-5-4-10-18-15(13)12-19/h1-3,6-7,13,15,18H,4-5,8-12H2. The normalized spacial score (nSPS) is 30.9. The van der Waals surface area contributed by atoms with Gasteiger partial charge in [-0.25, -0.2) is 0 Å². The Bertz CT molecular complexity index is 495. The summed E-state index contributed by atoms with van der Waals surface area (Å²) in [6, 6.07) is 10.9. The zero-order chi connectivity index (χ0) is 13.6. The van der Waals surface area contributed by atoms with Gasteiger partial charge in [-0.05, 0) is 43.7 Å². The van der Waals surface area contributed by atoms with E-state index in [2.05, 4.69) is 22.3 Å². The summed E-state index contributed by atoms with van der Waals surface area (Å²) in [5.74, 6) is 1.05. The van der Waals surface area contributed by atoms with E-state index in [1.165, 1.54) is 18.4 Å². The second kappa shape index (κ2) is 4.59. The van der Waals surface area contributed by atoms with Crippen molar-refractivity contribution in [1.29, 1.82) is 0 Å². The molecular weight excluding hydrogens is 248 g/mol. The highest BCUT2D eigenvalue weighted by Crippen LogP contribution is 2.50. The molecule has 2 saturated heterocycles. The van der Waals surface area contributed by atoms with Gasteiger partial charge in [0.15, 0.2) is 0 Å². The first-order chi connectivity index (χ1) is 9.79. The molecule has 2 atom stereocenters. The molecule has 2 heterocycles. The van der Waals surface area contributed by atoms with E-state index >= 15 is 0 Å². The summed E-state index contributed by atoms with van der Waals surface area (Å²) in [6.45, 7) is 3.00. The van der Waals surface area contributed by atoms with Crippen molar-refractivity contribution in [2.45, 2.75) is 37.1 Å². The van der Waals surface area contributed by atoms with Gasteiger partial charge in [0.1, 0.15) is 0 Å². The maximum absolute atomic E-state index is 13.0. The van der Waals surface area contributed by atoms with Crippen molar-refractivity contribution in [3.05, 3.63) is 35.9 Å². The van der Waals surface area contributed by atoms with Crippen LogP contribution in [0.4, 0.5) is 0 Å². The smallest absolute Gasteiger partial charge is 0.233 e. The first kappa shape index (κ1) is 12.4. The van der Waals surface area contributed by atoms with E-state index < -0.39 is 0 Å². The highest BCUT2D eigenvalue weighted by molar-refractivity contribution is 5.91. The Morgan fingerprint density at radius 3 is 2.70 bits per heavy atom. The maximum Gasteiger partial charge on any atom is 0.233 e. The van der Waals surface area contributed by atoms with Crippen LogP contribution in [0.5, 0.6) is 0 Å². The van der Waals surface area contributed by atoms with Gasteiger partial charge in [0.2, 0.25) is 5.91 Å². The molecule has 2 unspecified atom stereocenters. The molecule has 106 valence electrons. The zero-order valence-electron chi connectivity index (χ0n) is 11.8. The Labute approximate surface area is 120 Å². The summed E-state index contributed by atoms with van der Waals surface area (Å²) >= 11 is 0. The van der Waals surface area contributed by atoms with Crippen LogP contribution >= 0.6 is 0 Å². The molecule has 1 N–H and O–H groups in total. The zero-order valence-corrected chi connectivity index (χ0v) is 11.8. The lowest BCUT2D eigenvalue weighted by molar-refractivity contribution is -0.133. The van der Waals surface area contributed by atoms with Crippen molar-refractivity contribution in [3.63, 3.8) is 0 Å². The molecule has 3 aliphatic rings. The van der Waals surface area contributed by atoms with E-state index in [9.17, 15) is 4.79 Å². The lowest BCUT2D eigenvalue weighted by atomic mass is 9.94. The number of amides is 1. The fourth-order valence-corrected chi connectivity index (χ4v) is 4.02. The van der Waals surface area contributed by atoms with Gasteiger partial charge < -0.3 is 10.2 Å². The number of likely N-dealkylation sites (tertiary alicyclic amines) is 1. The summed E-state index contributed by atoms with van der Waals surface area (Å²) in [7, 11) is 0. The summed E-state index contributed by atoms with van der Waals surface area (Å²) in [5, 5.41) is 3.58. The van der Waals surface area contributed by atoms with Crippen LogP contribution in [0.15, 0.2) is 30.3 Å². The molecule has 3 heteroatoms. The van der Waals surface area contributed by atoms with Crippen molar-refractivity contribution in [2.24, 2.45) is 5.92 Å². The molecule has 0 spiro atoms. The van der Waals surface area contributed by atoms with Crippen LogP contribution in [0.1, 0.15) is 31.2 Å². The van der Waals surface area contributed by atoms with Gasteiger partial charge in [-0.1, -0.05) is 30.3 Å². The van der Waals surface area contributed by atoms with Crippen LogP contribution in [-0.2, 0) is 10.2 Å². The van der Waals surface area contributed by atoms with Gasteiger partial charge in [-0.15, -0.1) is 0 Å². The van der Waals surface area contributed by atoms with Gasteiger partial charge >= 0.3 is 0 Å². The number of carbonyl (C=O) groups is 1. The van der Waals surface area contributed by atoms with E-state index in [0.29, 0.717) is 17.9 Å². The van der Waals surface area contributed by atoms with Gasteiger partial charge in [-0.3, -0.25) is 4.79 Å². The Morgan fingerprint density at radius 2 is 2.00 bits per heavy atom. The predicted octanol–water partition coefficient (Wildman–Crippen LogP) is 1.93. The van der Waals surface area contributed by atoms with Crippen LogP contribution in [0, 0.1) is 5.92 Å². The molecule has 1 aromatic carbocycles. The predicted molar refractivity (Wildman–Crippen MR) is 78.4 cm³/mol. The van der Waals surface area contributed by atoms with Crippen LogP contribution in [0.25, 0.3) is 0 Å². The number of rotatable bonds is 2. The monoisotopic (exact) mass is 270 g/mol. The van der Waals surface area contributed by atoms with E-state index in [-0.39, 0.29) is 5.41 Å². The summed E-state index contributed by atoms with van der Waals surface area (Å²) < 4.78 is 0. The molecule has 20 heavy (non-hydrogen) atoms. The number of benzene rings is 1. The Kier molecular flexibility index (Phi) is 2.84. The molecule has 0 aromatic heterocycles. The van der Waals surface area contributed by atoms with Gasteiger partial charge in [0.05, 0.1) is 5.41 Å². The van der Waals surface area contributed by atoms with Crippen molar-refractivity contribution >= 4 is 5.91 Å². The molecule has 2 aliphatic heterocycles. The van der Waals surface area contributed by atoms with Gasteiger partial charge in [0.25, 0.3) is 0 Å². The van der Waals surface area contributed by atoms with Crippen LogP contribution in [-0.4, -0.2) is 36.5 Å². The van der Waals surface area contributed by atoms with E-state index in [1.807, 2.05) is 18.2 Å². The molecule has 3 fully saturated rings. The lowest BCUT2D eigenvalue weighted by Gasteiger charge is -2.24. The summed E-state index contributed by atoms with van der Waals surface area (Å²) in [5.41, 5.74) is 1.03. The van der Waals surface area contributed by atoms with Crippen LogP contribution < -0.4 is 5.32 Å². The van der Waals surface area contributed by atoms with Crippen molar-refractivity contribution in [1.82, 2.24) is 10.2 Å². The maximum atomic E-state index is 13.0.